The van der Waals surface area contributed by atoms with Gasteiger partial charge in [-0.2, -0.15) is 5.26 Å². The molecule has 0 aliphatic heterocycles. The van der Waals surface area contributed by atoms with Crippen molar-refractivity contribution in [1.29, 1.82) is 5.26 Å². The number of para-hydroxylation sites is 1. The Bertz CT molecular complexity index is 1020. The van der Waals surface area contributed by atoms with Gasteiger partial charge in [0.1, 0.15) is 0 Å². The number of rotatable bonds is 7. The van der Waals surface area contributed by atoms with Crippen LogP contribution >= 0.6 is 11.8 Å². The van der Waals surface area contributed by atoms with Gasteiger partial charge in [-0.3, -0.25) is 9.59 Å². The Morgan fingerprint density at radius 1 is 1.03 bits per heavy atom. The number of thioether (sulfide) groups is 1. The molecule has 1 atom stereocenters. The number of benzene rings is 2. The molecule has 0 aliphatic carbocycles. The molecule has 3 aromatic rings. The average molecular weight is 405 g/mol. The van der Waals surface area contributed by atoms with Crippen LogP contribution < -0.4 is 10.6 Å². The highest BCUT2D eigenvalue weighted by atomic mass is 32.2. The minimum atomic E-state index is -0.357. The topological polar surface area (TPSA) is 95.1 Å². The molecular weight excluding hydrogens is 386 g/mol. The molecular formula is C22H19N3O3S. The summed E-state index contributed by atoms with van der Waals surface area (Å²) in [6.07, 6.45) is 1.43. The van der Waals surface area contributed by atoms with Crippen LogP contribution in [0.4, 0.5) is 11.4 Å². The van der Waals surface area contributed by atoms with Crippen molar-refractivity contribution in [1.82, 2.24) is 0 Å². The van der Waals surface area contributed by atoms with Crippen LogP contribution in [-0.4, -0.2) is 17.6 Å². The summed E-state index contributed by atoms with van der Waals surface area (Å²) in [5.74, 6) is 0.173. The van der Waals surface area contributed by atoms with Gasteiger partial charge in [-0.1, -0.05) is 12.1 Å². The molecule has 0 aliphatic rings. The van der Waals surface area contributed by atoms with E-state index in [0.29, 0.717) is 22.7 Å². The second-order valence-electron chi connectivity index (χ2n) is 6.30. The summed E-state index contributed by atoms with van der Waals surface area (Å²) in [7, 11) is 0. The van der Waals surface area contributed by atoms with Gasteiger partial charge >= 0.3 is 0 Å². The molecule has 29 heavy (non-hydrogen) atoms. The highest BCUT2D eigenvalue weighted by Crippen LogP contribution is 2.29. The number of hydrogen-bond donors (Lipinski definition) is 2. The van der Waals surface area contributed by atoms with Crippen LogP contribution in [0, 0.1) is 17.2 Å². The maximum atomic E-state index is 12.6. The second-order valence-corrected chi connectivity index (χ2v) is 7.36. The highest BCUT2D eigenvalue weighted by Gasteiger charge is 2.12. The minimum Gasteiger partial charge on any atom is -0.459 e. The summed E-state index contributed by atoms with van der Waals surface area (Å²) in [6, 6.07) is 19.5. The van der Waals surface area contributed by atoms with Gasteiger partial charge < -0.3 is 15.1 Å². The molecule has 0 radical (unpaired) electrons. The van der Waals surface area contributed by atoms with Gasteiger partial charge in [-0.05, 0) is 55.5 Å². The van der Waals surface area contributed by atoms with Crippen molar-refractivity contribution < 1.29 is 14.0 Å². The number of nitrogens with one attached hydrogen (secondary N) is 2. The van der Waals surface area contributed by atoms with Crippen molar-refractivity contribution in [2.24, 2.45) is 5.92 Å². The average Bonchev–Trinajstić information content (AvgIpc) is 3.28. The van der Waals surface area contributed by atoms with Gasteiger partial charge in [0.25, 0.3) is 11.8 Å². The number of carbonyl (C=O) groups is 2. The Kier molecular flexibility index (Phi) is 6.72. The fraction of sp³-hybridized carbons (Fsp3) is 0.136. The van der Waals surface area contributed by atoms with Crippen LogP contribution in [0.25, 0.3) is 0 Å². The predicted octanol–water partition coefficient (Wildman–Crippen LogP) is 5.04. The molecule has 2 amide bonds. The Morgan fingerprint density at radius 3 is 2.48 bits per heavy atom. The molecule has 1 unspecified atom stereocenters. The first-order valence-corrected chi connectivity index (χ1v) is 9.93. The van der Waals surface area contributed by atoms with E-state index in [2.05, 4.69) is 16.7 Å². The first kappa shape index (κ1) is 20.2. The third-order valence-electron chi connectivity index (χ3n) is 3.99. The second kappa shape index (κ2) is 9.62. The van der Waals surface area contributed by atoms with Crippen LogP contribution in [0.15, 0.2) is 76.2 Å². The van der Waals surface area contributed by atoms with Crippen LogP contribution in [0.3, 0.4) is 0 Å². The number of nitriles is 1. The van der Waals surface area contributed by atoms with Gasteiger partial charge in [0, 0.05) is 21.9 Å². The minimum absolute atomic E-state index is 0.0762. The van der Waals surface area contributed by atoms with Crippen molar-refractivity contribution in [2.75, 3.05) is 16.4 Å². The molecule has 0 saturated heterocycles. The number of furan rings is 1. The number of carbonyl (C=O) groups excluding carboxylic acids is 2. The van der Waals surface area contributed by atoms with Crippen molar-refractivity contribution in [2.45, 2.75) is 11.8 Å². The molecule has 2 N–H and O–H groups in total. The molecule has 0 bridgehead atoms. The fourth-order valence-electron chi connectivity index (χ4n) is 2.45. The zero-order valence-corrected chi connectivity index (χ0v) is 16.5. The largest absolute Gasteiger partial charge is 0.459 e. The number of anilines is 2. The Labute approximate surface area is 172 Å². The summed E-state index contributed by atoms with van der Waals surface area (Å²) >= 11 is 1.53. The molecule has 0 fully saturated rings. The zero-order chi connectivity index (χ0) is 20.6. The van der Waals surface area contributed by atoms with E-state index < -0.39 is 0 Å². The van der Waals surface area contributed by atoms with E-state index in [1.807, 2.05) is 31.2 Å². The smallest absolute Gasteiger partial charge is 0.291 e. The van der Waals surface area contributed by atoms with E-state index in [1.165, 1.54) is 18.0 Å². The Hall–Kier alpha value is -3.50. The van der Waals surface area contributed by atoms with Gasteiger partial charge in [-0.15, -0.1) is 11.8 Å². The van der Waals surface area contributed by atoms with Gasteiger partial charge in [-0.25, -0.2) is 0 Å². The highest BCUT2D eigenvalue weighted by molar-refractivity contribution is 7.99. The van der Waals surface area contributed by atoms with Crippen molar-refractivity contribution >= 4 is 35.0 Å². The van der Waals surface area contributed by atoms with Crippen molar-refractivity contribution in [3.05, 3.63) is 78.3 Å². The maximum Gasteiger partial charge on any atom is 0.291 e. The summed E-state index contributed by atoms with van der Waals surface area (Å²) in [4.78, 5) is 25.5. The lowest BCUT2D eigenvalue weighted by Crippen LogP contribution is -2.14. The molecule has 0 saturated carbocycles. The Morgan fingerprint density at radius 2 is 1.79 bits per heavy atom. The molecule has 1 aromatic heterocycles. The van der Waals surface area contributed by atoms with Crippen LogP contribution in [0.5, 0.6) is 0 Å². The van der Waals surface area contributed by atoms with E-state index in [-0.39, 0.29) is 23.5 Å². The van der Waals surface area contributed by atoms with Crippen molar-refractivity contribution in [3.8, 4) is 6.07 Å². The summed E-state index contributed by atoms with van der Waals surface area (Å²) in [5, 5.41) is 14.6. The van der Waals surface area contributed by atoms with E-state index >= 15 is 0 Å². The third-order valence-corrected chi connectivity index (χ3v) is 5.33. The van der Waals surface area contributed by atoms with E-state index in [4.69, 9.17) is 9.68 Å². The van der Waals surface area contributed by atoms with E-state index in [1.54, 1.807) is 36.4 Å². The van der Waals surface area contributed by atoms with Crippen LogP contribution in [0.2, 0.25) is 0 Å². The zero-order valence-electron chi connectivity index (χ0n) is 15.7. The third kappa shape index (κ3) is 5.50. The van der Waals surface area contributed by atoms with Gasteiger partial charge in [0.15, 0.2) is 5.76 Å². The van der Waals surface area contributed by atoms with E-state index in [0.717, 1.165) is 4.90 Å². The summed E-state index contributed by atoms with van der Waals surface area (Å²) < 4.78 is 5.05. The normalized spacial score (nSPS) is 11.3. The molecule has 146 valence electrons. The first-order valence-electron chi connectivity index (χ1n) is 8.94. The van der Waals surface area contributed by atoms with E-state index in [9.17, 15) is 9.59 Å². The standard InChI is InChI=1S/C22H19N3O3S/c1-15(13-23)14-29-20-7-3-2-5-18(20)25-21(26)16-8-10-17(11-9-16)24-22(27)19-6-4-12-28-19/h2-12,15H,14H2,1H3,(H,24,27)(H,25,26). The van der Waals surface area contributed by atoms with Crippen LogP contribution in [0.1, 0.15) is 27.8 Å². The van der Waals surface area contributed by atoms with Gasteiger partial charge in [0.2, 0.25) is 0 Å². The van der Waals surface area contributed by atoms with Crippen LogP contribution in [-0.2, 0) is 0 Å². The van der Waals surface area contributed by atoms with Gasteiger partial charge in [0.05, 0.1) is 23.9 Å². The van der Waals surface area contributed by atoms with Crippen molar-refractivity contribution in [3.63, 3.8) is 0 Å². The molecule has 7 heteroatoms. The molecule has 2 aromatic carbocycles. The SMILES string of the molecule is CC(C#N)CSc1ccccc1NC(=O)c1ccc(NC(=O)c2ccco2)cc1. The number of amides is 2. The molecule has 1 heterocycles. The summed E-state index contributed by atoms with van der Waals surface area (Å²) in [6.45, 7) is 1.86. The lowest BCUT2D eigenvalue weighted by Gasteiger charge is -2.11. The number of hydrogen-bond acceptors (Lipinski definition) is 5. The molecule has 0 spiro atoms. The Balaban J connectivity index is 1.64. The molecule has 6 nitrogen and oxygen atoms in total. The predicted molar refractivity (Wildman–Crippen MR) is 113 cm³/mol. The molecule has 3 rings (SSSR count). The lowest BCUT2D eigenvalue weighted by atomic mass is 10.2. The number of nitrogens with zero attached hydrogens (tertiary/aromatic N) is 1. The fourth-order valence-corrected chi connectivity index (χ4v) is 3.40. The quantitative estimate of drug-likeness (QED) is 0.537. The maximum absolute atomic E-state index is 12.6. The lowest BCUT2D eigenvalue weighted by molar-refractivity contribution is 0.0995. The first-order chi connectivity index (χ1) is 14.1. The summed E-state index contributed by atoms with van der Waals surface area (Å²) in [5.41, 5.74) is 1.72. The monoisotopic (exact) mass is 405 g/mol.